The second-order valence-corrected chi connectivity index (χ2v) is 4.59. The molecule has 0 aromatic rings. The van der Waals surface area contributed by atoms with Gasteiger partial charge in [0.25, 0.3) is 10.1 Å². The van der Waals surface area contributed by atoms with Crippen molar-refractivity contribution in [1.82, 2.24) is 0 Å². The van der Waals surface area contributed by atoms with Gasteiger partial charge in [0.15, 0.2) is 0 Å². The van der Waals surface area contributed by atoms with Gasteiger partial charge in [-0.25, -0.2) is 4.18 Å². The van der Waals surface area contributed by atoms with Crippen molar-refractivity contribution < 1.29 is 44.9 Å². The average molecular weight is 212 g/mol. The summed E-state index contributed by atoms with van der Waals surface area (Å²) < 4.78 is 48.9. The van der Waals surface area contributed by atoms with Crippen molar-refractivity contribution in [3.63, 3.8) is 0 Å². The van der Waals surface area contributed by atoms with Gasteiger partial charge in [0, 0.05) is 0 Å². The van der Waals surface area contributed by atoms with Crippen LogP contribution in [-0.2, 0) is 28.3 Å². The third-order valence-corrected chi connectivity index (χ3v) is 2.65. The van der Waals surface area contributed by atoms with Gasteiger partial charge in [-0.05, 0) is 6.92 Å². The molecule has 0 N–H and O–H groups in total. The Morgan fingerprint density at radius 2 is 1.67 bits per heavy atom. The summed E-state index contributed by atoms with van der Waals surface area (Å²) >= 11 is 0. The standard InChI is InChI=1S/C3H8O6S2.Li.H/c1-3-8-11(6,7)9-10(2,4)5;;/h3H2,1-2H3;;/q;+1;-1. The van der Waals surface area contributed by atoms with E-state index in [2.05, 4.69) is 7.81 Å². The zero-order valence-electron chi connectivity index (χ0n) is 7.97. The van der Waals surface area contributed by atoms with Crippen molar-refractivity contribution in [2.24, 2.45) is 0 Å². The molecule has 70 valence electrons. The normalized spacial score (nSPS) is 12.2. The van der Waals surface area contributed by atoms with Gasteiger partial charge in [0.05, 0.1) is 12.9 Å². The Morgan fingerprint density at radius 1 is 1.25 bits per heavy atom. The first kappa shape index (κ1) is 14.9. The minimum Gasteiger partial charge on any atom is -1.00 e. The number of rotatable bonds is 4. The van der Waals surface area contributed by atoms with Gasteiger partial charge >= 0.3 is 29.3 Å². The minimum atomic E-state index is -4.38. The van der Waals surface area contributed by atoms with Crippen LogP contribution in [0.4, 0.5) is 0 Å². The molecule has 0 rings (SSSR count). The van der Waals surface area contributed by atoms with Crippen LogP contribution < -0.4 is 18.9 Å². The fourth-order valence-corrected chi connectivity index (χ4v) is 1.97. The van der Waals surface area contributed by atoms with Gasteiger partial charge < -0.3 is 1.43 Å². The molecule has 0 amide bonds. The molecule has 0 bridgehead atoms. The summed E-state index contributed by atoms with van der Waals surface area (Å²) in [4.78, 5) is 0. The smallest absolute Gasteiger partial charge is 1.00 e. The Balaban J connectivity index is -0.000000500. The summed E-state index contributed by atoms with van der Waals surface area (Å²) in [5.74, 6) is 0. The zero-order chi connectivity index (χ0) is 9.12. The fourth-order valence-electron chi connectivity index (χ4n) is 0.315. The van der Waals surface area contributed by atoms with Crippen LogP contribution in [0.5, 0.6) is 0 Å². The van der Waals surface area contributed by atoms with Gasteiger partial charge in [-0.2, -0.15) is 16.8 Å². The van der Waals surface area contributed by atoms with E-state index in [0.29, 0.717) is 6.26 Å². The van der Waals surface area contributed by atoms with E-state index in [1.807, 2.05) is 0 Å². The Hall–Kier alpha value is 0.417. The van der Waals surface area contributed by atoms with Crippen LogP contribution in [0.25, 0.3) is 0 Å². The summed E-state index contributed by atoms with van der Waals surface area (Å²) in [5, 5.41) is 0. The van der Waals surface area contributed by atoms with Crippen molar-refractivity contribution in [2.45, 2.75) is 6.92 Å². The molecule has 0 spiro atoms. The van der Waals surface area contributed by atoms with Crippen molar-refractivity contribution in [2.75, 3.05) is 12.9 Å². The number of hydrogen-bond acceptors (Lipinski definition) is 6. The molecule has 6 nitrogen and oxygen atoms in total. The molecule has 0 aromatic carbocycles. The van der Waals surface area contributed by atoms with E-state index in [1.165, 1.54) is 6.92 Å². The van der Waals surface area contributed by atoms with E-state index in [1.54, 1.807) is 0 Å². The van der Waals surface area contributed by atoms with Crippen LogP contribution in [0.1, 0.15) is 8.35 Å². The van der Waals surface area contributed by atoms with E-state index in [9.17, 15) is 16.8 Å². The van der Waals surface area contributed by atoms with Crippen LogP contribution in [-0.4, -0.2) is 29.7 Å². The molecule has 0 unspecified atom stereocenters. The van der Waals surface area contributed by atoms with E-state index < -0.39 is 20.5 Å². The topological polar surface area (TPSA) is 86.7 Å². The summed E-state index contributed by atoms with van der Waals surface area (Å²) in [6, 6.07) is 0. The maximum Gasteiger partial charge on any atom is 1.00 e. The molecule has 0 fully saturated rings. The summed E-state index contributed by atoms with van der Waals surface area (Å²) in [6.45, 7) is 1.22. The molecule has 0 aliphatic carbocycles. The maximum atomic E-state index is 10.4. The molecule has 0 aliphatic rings. The van der Waals surface area contributed by atoms with Crippen LogP contribution >= 0.6 is 0 Å². The molecule has 0 atom stereocenters. The molecular formula is C3H9LiO6S2. The van der Waals surface area contributed by atoms with E-state index in [0.717, 1.165) is 0 Å². The molecule has 0 saturated heterocycles. The molecule has 9 heteroatoms. The first-order valence-corrected chi connectivity index (χ1v) is 5.72. The van der Waals surface area contributed by atoms with Crippen molar-refractivity contribution in [3.05, 3.63) is 0 Å². The summed E-state index contributed by atoms with van der Waals surface area (Å²) in [7, 11) is -8.39. The van der Waals surface area contributed by atoms with Gasteiger partial charge in [-0.3, -0.25) is 0 Å². The Morgan fingerprint density at radius 3 is 1.92 bits per heavy atom. The second-order valence-electron chi connectivity index (χ2n) is 1.59. The second kappa shape index (κ2) is 5.21. The largest absolute Gasteiger partial charge is 1.00 e. The van der Waals surface area contributed by atoms with E-state index >= 15 is 0 Å². The molecule has 0 aromatic heterocycles. The van der Waals surface area contributed by atoms with E-state index in [-0.39, 0.29) is 26.9 Å². The van der Waals surface area contributed by atoms with Gasteiger partial charge in [0.2, 0.25) is 0 Å². The minimum absolute atomic E-state index is 0. The molecular weight excluding hydrogens is 203 g/mol. The third kappa shape index (κ3) is 8.51. The van der Waals surface area contributed by atoms with Crippen LogP contribution in [0.3, 0.4) is 0 Å². The first-order valence-electron chi connectivity index (χ1n) is 2.57. The average Bonchev–Trinajstić information content (AvgIpc) is 1.55. The number of hydrogen-bond donors (Lipinski definition) is 0. The molecule has 12 heavy (non-hydrogen) atoms. The molecule has 0 aliphatic heterocycles. The Bertz CT molecular complexity index is 307. The van der Waals surface area contributed by atoms with E-state index in [4.69, 9.17) is 0 Å². The van der Waals surface area contributed by atoms with Gasteiger partial charge in [0.1, 0.15) is 0 Å². The predicted octanol–water partition coefficient (Wildman–Crippen LogP) is -3.64. The molecule has 0 radical (unpaired) electrons. The SMILES string of the molecule is CCOS(=O)(=O)OS(C)(=O)=O.[H-].[Li+]. The van der Waals surface area contributed by atoms with Crippen molar-refractivity contribution >= 4 is 20.5 Å². The Kier molecular flexibility index (Phi) is 6.48. The zero-order valence-corrected chi connectivity index (χ0v) is 8.61. The van der Waals surface area contributed by atoms with Crippen molar-refractivity contribution in [1.29, 1.82) is 0 Å². The van der Waals surface area contributed by atoms with Crippen molar-refractivity contribution in [3.8, 4) is 0 Å². The van der Waals surface area contributed by atoms with Crippen LogP contribution in [0.2, 0.25) is 0 Å². The quantitative estimate of drug-likeness (QED) is 0.447. The first-order chi connectivity index (χ1) is 4.77. The maximum absolute atomic E-state index is 10.4. The van der Waals surface area contributed by atoms with Gasteiger partial charge in [-0.1, -0.05) is 0 Å². The van der Waals surface area contributed by atoms with Gasteiger partial charge in [-0.15, -0.1) is 3.63 Å². The Labute approximate surface area is 85.4 Å². The third-order valence-electron chi connectivity index (χ3n) is 0.469. The van der Waals surface area contributed by atoms with Crippen LogP contribution in [0, 0.1) is 0 Å². The van der Waals surface area contributed by atoms with Crippen LogP contribution in [0.15, 0.2) is 0 Å². The molecule has 0 heterocycles. The molecule has 0 saturated carbocycles. The summed E-state index contributed by atoms with van der Waals surface area (Å²) in [6.07, 6.45) is 0.615. The fraction of sp³-hybridized carbons (Fsp3) is 1.00. The monoisotopic (exact) mass is 212 g/mol. The summed E-state index contributed by atoms with van der Waals surface area (Å²) in [5.41, 5.74) is 0. The predicted molar refractivity (Wildman–Crippen MR) is 37.6 cm³/mol.